The second-order valence-electron chi connectivity index (χ2n) is 5.60. The summed E-state index contributed by atoms with van der Waals surface area (Å²) in [6.07, 6.45) is 0.414. The summed E-state index contributed by atoms with van der Waals surface area (Å²) < 4.78 is 0. The summed E-state index contributed by atoms with van der Waals surface area (Å²) >= 11 is 0. The van der Waals surface area contributed by atoms with E-state index in [1.165, 1.54) is 0 Å². The molecule has 23 heavy (non-hydrogen) atoms. The van der Waals surface area contributed by atoms with E-state index in [2.05, 4.69) is 0 Å². The number of benzene rings is 3. The summed E-state index contributed by atoms with van der Waals surface area (Å²) in [5.74, 6) is -0.834. The Morgan fingerprint density at radius 2 is 1.09 bits per heavy atom. The van der Waals surface area contributed by atoms with Gasteiger partial charge < -0.3 is 5.11 Å². The largest absolute Gasteiger partial charge is 0.480 e. The third kappa shape index (κ3) is 2.88. The first-order valence-electron chi connectivity index (χ1n) is 7.62. The number of carboxylic acids is 1. The number of aliphatic carboxylic acids is 1. The molecule has 0 atom stereocenters. The summed E-state index contributed by atoms with van der Waals surface area (Å²) in [7, 11) is 0. The Kier molecular flexibility index (Phi) is 4.24. The van der Waals surface area contributed by atoms with E-state index < -0.39 is 11.4 Å². The standard InChI is InChI=1S/C21H18O2/c22-20(23)21(18-12-6-2-7-13-18,19-14-8-3-9-15-19)16-17-10-4-1-5-11-17/h1-15H,16H2,(H,22,23). The minimum Gasteiger partial charge on any atom is -0.480 e. The van der Waals surface area contributed by atoms with Gasteiger partial charge in [0.05, 0.1) is 0 Å². The fraction of sp³-hybridized carbons (Fsp3) is 0.0952. The maximum Gasteiger partial charge on any atom is 0.318 e. The molecular formula is C21H18O2. The quantitative estimate of drug-likeness (QED) is 0.763. The van der Waals surface area contributed by atoms with Gasteiger partial charge in [0.15, 0.2) is 0 Å². The molecule has 0 aliphatic rings. The van der Waals surface area contributed by atoms with Crippen LogP contribution in [-0.4, -0.2) is 11.1 Å². The molecule has 0 aliphatic heterocycles. The van der Waals surface area contributed by atoms with Crippen LogP contribution in [-0.2, 0) is 16.6 Å². The van der Waals surface area contributed by atoms with E-state index in [1.807, 2.05) is 91.0 Å². The molecule has 3 aromatic rings. The topological polar surface area (TPSA) is 37.3 Å². The average Bonchev–Trinajstić information content (AvgIpc) is 2.62. The highest BCUT2D eigenvalue weighted by atomic mass is 16.4. The lowest BCUT2D eigenvalue weighted by Gasteiger charge is -2.31. The molecule has 3 rings (SSSR count). The molecule has 0 spiro atoms. The summed E-state index contributed by atoms with van der Waals surface area (Å²) in [5.41, 5.74) is 1.50. The molecule has 0 aromatic heterocycles. The smallest absolute Gasteiger partial charge is 0.318 e. The molecule has 2 nitrogen and oxygen atoms in total. The van der Waals surface area contributed by atoms with E-state index in [4.69, 9.17) is 0 Å². The molecule has 0 amide bonds. The van der Waals surface area contributed by atoms with Gasteiger partial charge in [0.25, 0.3) is 0 Å². The highest BCUT2D eigenvalue weighted by Crippen LogP contribution is 2.36. The van der Waals surface area contributed by atoms with Crippen molar-refractivity contribution < 1.29 is 9.90 Å². The van der Waals surface area contributed by atoms with Gasteiger partial charge in [0, 0.05) is 0 Å². The third-order valence-electron chi connectivity index (χ3n) is 4.21. The number of hydrogen-bond donors (Lipinski definition) is 1. The van der Waals surface area contributed by atoms with Crippen molar-refractivity contribution in [3.8, 4) is 0 Å². The molecule has 0 aliphatic carbocycles. The van der Waals surface area contributed by atoms with Gasteiger partial charge in [0.2, 0.25) is 0 Å². The van der Waals surface area contributed by atoms with E-state index in [0.29, 0.717) is 6.42 Å². The van der Waals surface area contributed by atoms with Crippen molar-refractivity contribution in [1.29, 1.82) is 0 Å². The van der Waals surface area contributed by atoms with Gasteiger partial charge in [-0.1, -0.05) is 91.0 Å². The first kappa shape index (κ1) is 15.0. The van der Waals surface area contributed by atoms with Gasteiger partial charge in [-0.15, -0.1) is 0 Å². The molecule has 0 saturated carbocycles. The summed E-state index contributed by atoms with van der Waals surface area (Å²) in [6.45, 7) is 0. The average molecular weight is 302 g/mol. The third-order valence-corrected chi connectivity index (χ3v) is 4.21. The van der Waals surface area contributed by atoms with Crippen LogP contribution in [0.4, 0.5) is 0 Å². The summed E-state index contributed by atoms with van der Waals surface area (Å²) in [5, 5.41) is 10.2. The predicted molar refractivity (Wildman–Crippen MR) is 91.4 cm³/mol. The normalized spacial score (nSPS) is 11.1. The van der Waals surface area contributed by atoms with Gasteiger partial charge >= 0.3 is 5.97 Å². The van der Waals surface area contributed by atoms with Crippen molar-refractivity contribution in [2.75, 3.05) is 0 Å². The minimum atomic E-state index is -1.09. The van der Waals surface area contributed by atoms with Crippen LogP contribution in [0.3, 0.4) is 0 Å². The maximum atomic E-state index is 12.4. The minimum absolute atomic E-state index is 0.414. The molecule has 0 heterocycles. The van der Waals surface area contributed by atoms with Crippen LogP contribution in [0, 0.1) is 0 Å². The lowest BCUT2D eigenvalue weighted by molar-refractivity contribution is -0.142. The maximum absolute atomic E-state index is 12.4. The van der Waals surface area contributed by atoms with Crippen molar-refractivity contribution in [3.05, 3.63) is 108 Å². The van der Waals surface area contributed by atoms with Crippen LogP contribution < -0.4 is 0 Å². The monoisotopic (exact) mass is 302 g/mol. The van der Waals surface area contributed by atoms with Gasteiger partial charge in [-0.05, 0) is 23.1 Å². The van der Waals surface area contributed by atoms with Gasteiger partial charge in [0.1, 0.15) is 5.41 Å². The Morgan fingerprint density at radius 1 is 0.696 bits per heavy atom. The van der Waals surface area contributed by atoms with Crippen molar-refractivity contribution in [3.63, 3.8) is 0 Å². The fourth-order valence-electron chi connectivity index (χ4n) is 3.04. The highest BCUT2D eigenvalue weighted by Gasteiger charge is 2.42. The molecule has 0 saturated heterocycles. The number of hydrogen-bond acceptors (Lipinski definition) is 1. The van der Waals surface area contributed by atoms with E-state index in [0.717, 1.165) is 16.7 Å². The lowest BCUT2D eigenvalue weighted by atomic mass is 9.70. The molecule has 0 unspecified atom stereocenters. The Morgan fingerprint density at radius 3 is 1.48 bits per heavy atom. The van der Waals surface area contributed by atoms with E-state index >= 15 is 0 Å². The fourth-order valence-corrected chi connectivity index (χ4v) is 3.04. The van der Waals surface area contributed by atoms with E-state index in [9.17, 15) is 9.90 Å². The van der Waals surface area contributed by atoms with Crippen LogP contribution in [0.2, 0.25) is 0 Å². The van der Waals surface area contributed by atoms with E-state index in [-0.39, 0.29) is 0 Å². The first-order valence-corrected chi connectivity index (χ1v) is 7.62. The molecular weight excluding hydrogens is 284 g/mol. The van der Waals surface area contributed by atoms with Gasteiger partial charge in [-0.25, -0.2) is 0 Å². The van der Waals surface area contributed by atoms with Crippen LogP contribution in [0.5, 0.6) is 0 Å². The van der Waals surface area contributed by atoms with Gasteiger partial charge in [-0.2, -0.15) is 0 Å². The first-order chi connectivity index (χ1) is 11.2. The molecule has 0 fully saturated rings. The van der Waals surface area contributed by atoms with Crippen molar-refractivity contribution >= 4 is 5.97 Å². The van der Waals surface area contributed by atoms with Crippen molar-refractivity contribution in [1.82, 2.24) is 0 Å². The zero-order valence-electron chi connectivity index (χ0n) is 12.7. The number of carboxylic acid groups (broad SMARTS) is 1. The van der Waals surface area contributed by atoms with Crippen LogP contribution in [0.25, 0.3) is 0 Å². The van der Waals surface area contributed by atoms with Crippen molar-refractivity contribution in [2.45, 2.75) is 11.8 Å². The molecule has 1 N–H and O–H groups in total. The predicted octanol–water partition coefficient (Wildman–Crippen LogP) is 4.30. The zero-order valence-corrected chi connectivity index (χ0v) is 12.7. The molecule has 114 valence electrons. The summed E-state index contributed by atoms with van der Waals surface area (Å²) in [6, 6.07) is 28.7. The second-order valence-corrected chi connectivity index (χ2v) is 5.60. The molecule has 0 bridgehead atoms. The number of carbonyl (C=O) groups is 1. The second kappa shape index (κ2) is 6.49. The Labute approximate surface area is 136 Å². The molecule has 2 heteroatoms. The van der Waals surface area contributed by atoms with E-state index in [1.54, 1.807) is 0 Å². The van der Waals surface area contributed by atoms with Crippen LogP contribution in [0.15, 0.2) is 91.0 Å². The molecule has 0 radical (unpaired) electrons. The SMILES string of the molecule is O=C(O)C(Cc1ccccc1)(c1ccccc1)c1ccccc1. The lowest BCUT2D eigenvalue weighted by Crippen LogP contribution is -2.39. The van der Waals surface area contributed by atoms with Crippen LogP contribution in [0.1, 0.15) is 16.7 Å². The Bertz CT molecular complexity index is 725. The van der Waals surface area contributed by atoms with Crippen LogP contribution >= 0.6 is 0 Å². The number of rotatable bonds is 5. The van der Waals surface area contributed by atoms with Gasteiger partial charge in [-0.3, -0.25) is 4.79 Å². The Balaban J connectivity index is 2.21. The van der Waals surface area contributed by atoms with Crippen molar-refractivity contribution in [2.24, 2.45) is 0 Å². The summed E-state index contributed by atoms with van der Waals surface area (Å²) in [4.78, 5) is 12.4. The Hall–Kier alpha value is -2.87. The zero-order chi connectivity index (χ0) is 16.1. The highest BCUT2D eigenvalue weighted by molar-refractivity contribution is 5.86. The molecule has 3 aromatic carbocycles.